The van der Waals surface area contributed by atoms with E-state index in [4.69, 9.17) is 0 Å². The van der Waals surface area contributed by atoms with Crippen LogP contribution in [0.2, 0.25) is 0 Å². The van der Waals surface area contributed by atoms with Crippen LogP contribution in [0.4, 0.5) is 10.5 Å². The number of urea groups is 1. The molecule has 9 nitrogen and oxygen atoms in total. The number of nitrogens with zero attached hydrogens (tertiary/aromatic N) is 2. The number of rotatable bonds is 5. The second-order valence-corrected chi connectivity index (χ2v) is 8.70. The lowest BCUT2D eigenvalue weighted by molar-refractivity contribution is 0.0675. The van der Waals surface area contributed by atoms with Gasteiger partial charge in [0.25, 0.3) is 11.5 Å². The Labute approximate surface area is 196 Å². The number of anilines is 1. The number of piperidine rings is 1. The molecule has 2 aromatic carbocycles. The minimum Gasteiger partial charge on any atom is -0.338 e. The third-order valence-corrected chi connectivity index (χ3v) is 6.21. The highest BCUT2D eigenvalue weighted by molar-refractivity contribution is 5.97. The lowest BCUT2D eigenvalue weighted by atomic mass is 9.97. The highest BCUT2D eigenvalue weighted by atomic mass is 16.2. The van der Waals surface area contributed by atoms with Gasteiger partial charge in [-0.2, -0.15) is 0 Å². The summed E-state index contributed by atoms with van der Waals surface area (Å²) in [6.07, 6.45) is 1.75. The predicted molar refractivity (Wildman–Crippen MR) is 131 cm³/mol. The first-order valence-electron chi connectivity index (χ1n) is 11.5. The Morgan fingerprint density at radius 2 is 1.88 bits per heavy atom. The predicted octanol–water partition coefficient (Wildman–Crippen LogP) is 2.69. The molecule has 1 atom stereocenters. The molecule has 9 heteroatoms. The zero-order chi connectivity index (χ0) is 24.2. The molecule has 1 aliphatic rings. The van der Waals surface area contributed by atoms with E-state index >= 15 is 0 Å². The van der Waals surface area contributed by atoms with Crippen molar-refractivity contribution in [1.29, 1.82) is 0 Å². The summed E-state index contributed by atoms with van der Waals surface area (Å²) in [5.41, 5.74) is 1.76. The first-order valence-corrected chi connectivity index (χ1v) is 11.5. The zero-order valence-corrected chi connectivity index (χ0v) is 19.4. The van der Waals surface area contributed by atoms with Crippen LogP contribution in [-0.4, -0.2) is 46.0 Å². The highest BCUT2D eigenvalue weighted by Crippen LogP contribution is 2.19. The Balaban J connectivity index is 1.39. The molecule has 1 saturated heterocycles. The molecule has 3 amide bonds. The second kappa shape index (κ2) is 9.94. The average Bonchev–Trinajstić information content (AvgIpc) is 2.84. The summed E-state index contributed by atoms with van der Waals surface area (Å²) >= 11 is 0. The van der Waals surface area contributed by atoms with Crippen molar-refractivity contribution in [2.45, 2.75) is 33.2 Å². The van der Waals surface area contributed by atoms with Crippen LogP contribution in [0.25, 0.3) is 10.9 Å². The van der Waals surface area contributed by atoms with Crippen molar-refractivity contribution in [3.63, 3.8) is 0 Å². The first kappa shape index (κ1) is 23.3. The third-order valence-electron chi connectivity index (χ3n) is 6.21. The van der Waals surface area contributed by atoms with Crippen molar-refractivity contribution in [1.82, 2.24) is 19.8 Å². The molecule has 0 bridgehead atoms. The number of fused-ring (bicyclic) bond motifs is 1. The monoisotopic (exact) mass is 463 g/mol. The average molecular weight is 464 g/mol. The number of benzene rings is 2. The third kappa shape index (κ3) is 5.03. The summed E-state index contributed by atoms with van der Waals surface area (Å²) in [5, 5.41) is 6.09. The number of H-pyrrole nitrogens is 1. The van der Waals surface area contributed by atoms with Gasteiger partial charge in [0.1, 0.15) is 0 Å². The molecule has 178 valence electrons. The summed E-state index contributed by atoms with van der Waals surface area (Å²) in [6, 6.07) is 12.1. The summed E-state index contributed by atoms with van der Waals surface area (Å²) in [6.45, 7) is 5.60. The molecule has 0 radical (unpaired) electrons. The lowest BCUT2D eigenvalue weighted by Crippen LogP contribution is -2.44. The van der Waals surface area contributed by atoms with E-state index in [-0.39, 0.29) is 30.0 Å². The largest absolute Gasteiger partial charge is 0.338 e. The van der Waals surface area contributed by atoms with E-state index in [0.29, 0.717) is 36.1 Å². The fourth-order valence-electron chi connectivity index (χ4n) is 4.32. The Morgan fingerprint density at radius 1 is 1.12 bits per heavy atom. The van der Waals surface area contributed by atoms with Gasteiger partial charge in [0.05, 0.1) is 10.9 Å². The number of aryl methyl sites for hydroxylation is 1. The molecule has 1 aliphatic heterocycles. The van der Waals surface area contributed by atoms with Gasteiger partial charge in [-0.25, -0.2) is 9.59 Å². The number of likely N-dealkylation sites (tertiary alicyclic amines) is 1. The van der Waals surface area contributed by atoms with Crippen LogP contribution in [0.5, 0.6) is 0 Å². The van der Waals surface area contributed by atoms with Gasteiger partial charge in [-0.3, -0.25) is 14.2 Å². The highest BCUT2D eigenvalue weighted by Gasteiger charge is 2.25. The van der Waals surface area contributed by atoms with Crippen molar-refractivity contribution in [3.8, 4) is 0 Å². The van der Waals surface area contributed by atoms with Gasteiger partial charge in [0, 0.05) is 37.4 Å². The SMILES string of the molecule is CCn1c(=O)[nH]c2cc(C(=O)N3CCCC(CNC(=O)Nc4ccc(C)cc4)C3)ccc2c1=O. The van der Waals surface area contributed by atoms with Crippen molar-refractivity contribution < 1.29 is 9.59 Å². The van der Waals surface area contributed by atoms with E-state index in [1.54, 1.807) is 30.0 Å². The van der Waals surface area contributed by atoms with Crippen molar-refractivity contribution in [2.24, 2.45) is 5.92 Å². The number of carbonyl (C=O) groups excluding carboxylic acids is 2. The molecule has 1 fully saturated rings. The molecular weight excluding hydrogens is 434 g/mol. The fraction of sp³-hybridized carbons (Fsp3) is 0.360. The minimum absolute atomic E-state index is 0.137. The Bertz CT molecular complexity index is 1330. The van der Waals surface area contributed by atoms with Crippen LogP contribution in [0.1, 0.15) is 35.7 Å². The molecule has 1 unspecified atom stereocenters. The van der Waals surface area contributed by atoms with Crippen molar-refractivity contribution >= 4 is 28.5 Å². The summed E-state index contributed by atoms with van der Waals surface area (Å²) < 4.78 is 1.13. The van der Waals surface area contributed by atoms with Gasteiger partial charge in [0.15, 0.2) is 0 Å². The van der Waals surface area contributed by atoms with Crippen LogP contribution in [0.3, 0.4) is 0 Å². The minimum atomic E-state index is -0.488. The number of amides is 3. The van der Waals surface area contributed by atoms with E-state index in [0.717, 1.165) is 28.7 Å². The lowest BCUT2D eigenvalue weighted by Gasteiger charge is -2.33. The van der Waals surface area contributed by atoms with Gasteiger partial charge >= 0.3 is 11.7 Å². The molecule has 3 N–H and O–H groups in total. The Kier molecular flexibility index (Phi) is 6.81. The molecule has 3 aromatic rings. The van der Waals surface area contributed by atoms with Gasteiger partial charge < -0.3 is 20.5 Å². The van der Waals surface area contributed by atoms with Crippen LogP contribution in [0.15, 0.2) is 52.1 Å². The van der Waals surface area contributed by atoms with Crippen LogP contribution in [-0.2, 0) is 6.54 Å². The second-order valence-electron chi connectivity index (χ2n) is 8.70. The summed E-state index contributed by atoms with van der Waals surface area (Å²) in [7, 11) is 0. The summed E-state index contributed by atoms with van der Waals surface area (Å²) in [5.74, 6) is -0.0188. The number of aromatic amines is 1. The van der Waals surface area contributed by atoms with Gasteiger partial charge in [-0.15, -0.1) is 0 Å². The normalized spacial score (nSPS) is 15.8. The van der Waals surface area contributed by atoms with Crippen LogP contribution < -0.4 is 21.9 Å². The molecule has 34 heavy (non-hydrogen) atoms. The Morgan fingerprint density at radius 3 is 2.62 bits per heavy atom. The van der Waals surface area contributed by atoms with Crippen LogP contribution >= 0.6 is 0 Å². The molecule has 4 rings (SSSR count). The maximum Gasteiger partial charge on any atom is 0.328 e. The number of aromatic nitrogens is 2. The number of nitrogens with one attached hydrogen (secondary N) is 3. The fourth-order valence-corrected chi connectivity index (χ4v) is 4.32. The smallest absolute Gasteiger partial charge is 0.328 e. The van der Waals surface area contributed by atoms with E-state index in [9.17, 15) is 19.2 Å². The maximum absolute atomic E-state index is 13.1. The van der Waals surface area contributed by atoms with E-state index in [1.165, 1.54) is 0 Å². The van der Waals surface area contributed by atoms with Crippen LogP contribution in [0, 0.1) is 12.8 Å². The quantitative estimate of drug-likeness (QED) is 0.539. The number of carbonyl (C=O) groups is 2. The van der Waals surface area contributed by atoms with Crippen molar-refractivity contribution in [2.75, 3.05) is 25.0 Å². The van der Waals surface area contributed by atoms with Crippen molar-refractivity contribution in [3.05, 3.63) is 74.4 Å². The Hall–Kier alpha value is -3.88. The molecule has 2 heterocycles. The van der Waals surface area contributed by atoms with E-state index in [2.05, 4.69) is 15.6 Å². The van der Waals surface area contributed by atoms with E-state index in [1.807, 2.05) is 31.2 Å². The molecular formula is C25H29N5O4. The molecule has 0 spiro atoms. The van der Waals surface area contributed by atoms with Gasteiger partial charge in [0.2, 0.25) is 0 Å². The summed E-state index contributed by atoms with van der Waals surface area (Å²) in [4.78, 5) is 54.5. The molecule has 0 saturated carbocycles. The van der Waals surface area contributed by atoms with E-state index < -0.39 is 5.69 Å². The molecule has 0 aliphatic carbocycles. The number of hydrogen-bond donors (Lipinski definition) is 3. The maximum atomic E-state index is 13.1. The zero-order valence-electron chi connectivity index (χ0n) is 19.4. The topological polar surface area (TPSA) is 116 Å². The van der Waals surface area contributed by atoms with Gasteiger partial charge in [-0.05, 0) is 62.9 Å². The standard InChI is InChI=1S/C25H29N5O4/c1-3-30-23(32)20-11-8-18(13-21(20)28-25(30)34)22(31)29-12-4-5-17(15-29)14-26-24(33)27-19-9-6-16(2)7-10-19/h6-11,13,17H,3-5,12,14-15H2,1-2H3,(H,28,34)(H2,26,27,33). The van der Waals surface area contributed by atoms with Gasteiger partial charge in [-0.1, -0.05) is 17.7 Å². The first-order chi connectivity index (χ1) is 16.4. The molecule has 1 aromatic heterocycles. The number of hydrogen-bond acceptors (Lipinski definition) is 4.